The SMILES string of the molecule is COCCC(C(=O)Nc1ccc(C(N)=O)c(F)c1)N1CC(=O)N(c2cc(Cl)ccc2-n2cc(Cl)nn2)CC1=O. The Labute approximate surface area is 231 Å². The number of carbonyl (C=O) groups excluding carboxylic acids is 4. The minimum atomic E-state index is -1.12. The Morgan fingerprint density at radius 2 is 1.90 bits per heavy atom. The van der Waals surface area contributed by atoms with E-state index in [1.165, 1.54) is 35.0 Å². The molecule has 0 saturated carbocycles. The molecule has 1 atom stereocenters. The standard InChI is InChI=1S/C24H22Cl2FN7O5/c1-39-7-6-18(24(38)29-14-3-4-15(23(28)37)16(27)9-14)32-11-22(36)33(12-21(32)35)19-8-13(25)2-5-17(19)34-10-20(26)30-31-34/h2-5,8-10,18H,6-7,11-12H2,1H3,(H2,28,37)(H,29,38). The number of methoxy groups -OCH3 is 1. The number of amides is 4. The molecule has 1 aromatic heterocycles. The predicted molar refractivity (Wildman–Crippen MR) is 139 cm³/mol. The van der Waals surface area contributed by atoms with E-state index in [0.717, 1.165) is 17.0 Å². The van der Waals surface area contributed by atoms with Gasteiger partial charge in [0.05, 0.1) is 23.1 Å². The van der Waals surface area contributed by atoms with Gasteiger partial charge >= 0.3 is 0 Å². The average molecular weight is 578 g/mol. The van der Waals surface area contributed by atoms with Crippen molar-refractivity contribution in [3.63, 3.8) is 0 Å². The summed E-state index contributed by atoms with van der Waals surface area (Å²) in [7, 11) is 1.43. The topological polar surface area (TPSA) is 153 Å². The minimum absolute atomic E-state index is 0.0393. The van der Waals surface area contributed by atoms with Crippen molar-refractivity contribution < 1.29 is 28.3 Å². The molecule has 3 N–H and O–H groups in total. The molecular formula is C24H22Cl2FN7O5. The number of hydrogen-bond donors (Lipinski definition) is 2. The minimum Gasteiger partial charge on any atom is -0.385 e. The van der Waals surface area contributed by atoms with Gasteiger partial charge in [-0.15, -0.1) is 5.10 Å². The molecule has 0 bridgehead atoms. The Morgan fingerprint density at radius 1 is 1.13 bits per heavy atom. The monoisotopic (exact) mass is 577 g/mol. The number of nitrogens with zero attached hydrogens (tertiary/aromatic N) is 5. The molecule has 1 unspecified atom stereocenters. The summed E-state index contributed by atoms with van der Waals surface area (Å²) in [5, 5.41) is 10.6. The average Bonchev–Trinajstić information content (AvgIpc) is 3.31. The molecule has 12 nitrogen and oxygen atoms in total. The van der Waals surface area contributed by atoms with Crippen molar-refractivity contribution in [2.45, 2.75) is 12.5 Å². The fourth-order valence-electron chi connectivity index (χ4n) is 4.08. The van der Waals surface area contributed by atoms with Crippen molar-refractivity contribution >= 4 is 58.2 Å². The number of primary amides is 1. The van der Waals surface area contributed by atoms with E-state index in [4.69, 9.17) is 33.7 Å². The summed E-state index contributed by atoms with van der Waals surface area (Å²) in [4.78, 5) is 53.5. The summed E-state index contributed by atoms with van der Waals surface area (Å²) in [6, 6.07) is 6.95. The molecule has 15 heteroatoms. The molecule has 1 fully saturated rings. The first kappa shape index (κ1) is 28.0. The van der Waals surface area contributed by atoms with Gasteiger partial charge in [0.1, 0.15) is 24.9 Å². The van der Waals surface area contributed by atoms with Crippen molar-refractivity contribution in [3.8, 4) is 5.69 Å². The first-order valence-electron chi connectivity index (χ1n) is 11.5. The third kappa shape index (κ3) is 6.16. The van der Waals surface area contributed by atoms with E-state index >= 15 is 0 Å². The third-order valence-electron chi connectivity index (χ3n) is 5.94. The van der Waals surface area contributed by atoms with E-state index < -0.39 is 48.6 Å². The number of piperazine rings is 1. The molecule has 204 valence electrons. The summed E-state index contributed by atoms with van der Waals surface area (Å²) >= 11 is 12.1. The van der Waals surface area contributed by atoms with Crippen LogP contribution in [0.1, 0.15) is 16.8 Å². The van der Waals surface area contributed by atoms with Gasteiger partial charge in [0, 0.05) is 30.8 Å². The van der Waals surface area contributed by atoms with Gasteiger partial charge in [0.15, 0.2) is 5.15 Å². The third-order valence-corrected chi connectivity index (χ3v) is 6.35. The van der Waals surface area contributed by atoms with Gasteiger partial charge in [-0.2, -0.15) is 0 Å². The Hall–Kier alpha value is -4.07. The number of ether oxygens (including phenoxy) is 1. The van der Waals surface area contributed by atoms with Gasteiger partial charge in [0.2, 0.25) is 17.7 Å². The Balaban J connectivity index is 1.58. The predicted octanol–water partition coefficient (Wildman–Crippen LogP) is 2.03. The molecule has 39 heavy (non-hydrogen) atoms. The molecule has 1 aliphatic rings. The normalized spacial score (nSPS) is 14.5. The van der Waals surface area contributed by atoms with Crippen molar-refractivity contribution in [1.82, 2.24) is 19.9 Å². The van der Waals surface area contributed by atoms with E-state index in [0.29, 0.717) is 16.4 Å². The molecule has 1 aliphatic heterocycles. The van der Waals surface area contributed by atoms with Gasteiger partial charge in [-0.05, 0) is 36.4 Å². The molecular weight excluding hydrogens is 556 g/mol. The van der Waals surface area contributed by atoms with Crippen LogP contribution < -0.4 is 16.0 Å². The number of hydrogen-bond acceptors (Lipinski definition) is 7. The Bertz CT molecular complexity index is 1450. The zero-order valence-electron chi connectivity index (χ0n) is 20.4. The van der Waals surface area contributed by atoms with Gasteiger partial charge in [-0.1, -0.05) is 28.4 Å². The van der Waals surface area contributed by atoms with Crippen LogP contribution in [0.25, 0.3) is 5.69 Å². The van der Waals surface area contributed by atoms with Crippen molar-refractivity contribution in [3.05, 3.63) is 64.2 Å². The quantitative estimate of drug-likeness (QED) is 0.394. The second kappa shape index (κ2) is 11.8. The summed E-state index contributed by atoms with van der Waals surface area (Å²) < 4.78 is 20.6. The maximum absolute atomic E-state index is 14.2. The number of halogens is 3. The lowest BCUT2D eigenvalue weighted by Crippen LogP contribution is -2.59. The summed E-state index contributed by atoms with van der Waals surface area (Å²) in [6.45, 7) is -0.729. The molecule has 4 rings (SSSR count). The molecule has 2 heterocycles. The number of nitrogens with two attached hydrogens (primary N) is 1. The first-order valence-corrected chi connectivity index (χ1v) is 12.2. The van der Waals surface area contributed by atoms with Crippen LogP contribution >= 0.6 is 23.2 Å². The lowest BCUT2D eigenvalue weighted by Gasteiger charge is -2.38. The molecule has 4 amide bonds. The van der Waals surface area contributed by atoms with E-state index in [1.54, 1.807) is 12.1 Å². The van der Waals surface area contributed by atoms with Crippen LogP contribution in [0.5, 0.6) is 0 Å². The number of rotatable bonds is 9. The molecule has 3 aromatic rings. The molecule has 0 aliphatic carbocycles. The zero-order valence-corrected chi connectivity index (χ0v) is 21.9. The highest BCUT2D eigenvalue weighted by Crippen LogP contribution is 2.30. The number of carbonyl (C=O) groups is 4. The van der Waals surface area contributed by atoms with E-state index in [1.807, 2.05) is 0 Å². The maximum Gasteiger partial charge on any atom is 0.251 e. The fraction of sp³-hybridized carbons (Fsp3) is 0.250. The molecule has 2 aromatic carbocycles. The smallest absolute Gasteiger partial charge is 0.251 e. The van der Waals surface area contributed by atoms with Gasteiger partial charge < -0.3 is 20.7 Å². The van der Waals surface area contributed by atoms with Crippen LogP contribution in [0.4, 0.5) is 15.8 Å². The molecule has 0 radical (unpaired) electrons. The van der Waals surface area contributed by atoms with Crippen molar-refractivity contribution in [2.75, 3.05) is 37.0 Å². The second-order valence-corrected chi connectivity index (χ2v) is 9.29. The van der Waals surface area contributed by atoms with Crippen LogP contribution in [0, 0.1) is 5.82 Å². The summed E-state index contributed by atoms with van der Waals surface area (Å²) in [5.74, 6) is -3.56. The Morgan fingerprint density at radius 3 is 2.54 bits per heavy atom. The first-order chi connectivity index (χ1) is 18.6. The second-order valence-electron chi connectivity index (χ2n) is 8.47. The van der Waals surface area contributed by atoms with Crippen LogP contribution in [0.15, 0.2) is 42.6 Å². The molecule has 1 saturated heterocycles. The van der Waals surface area contributed by atoms with E-state index in [9.17, 15) is 23.6 Å². The highest BCUT2D eigenvalue weighted by Gasteiger charge is 2.38. The summed E-state index contributed by atoms with van der Waals surface area (Å²) in [6.07, 6.45) is 1.49. The maximum atomic E-state index is 14.2. The highest BCUT2D eigenvalue weighted by molar-refractivity contribution is 6.31. The van der Waals surface area contributed by atoms with Gasteiger partial charge in [0.25, 0.3) is 5.91 Å². The number of aromatic nitrogens is 3. The van der Waals surface area contributed by atoms with Crippen molar-refractivity contribution in [2.24, 2.45) is 5.73 Å². The lowest BCUT2D eigenvalue weighted by atomic mass is 10.1. The Kier molecular flexibility index (Phi) is 8.43. The lowest BCUT2D eigenvalue weighted by molar-refractivity contribution is -0.144. The van der Waals surface area contributed by atoms with E-state index in [-0.39, 0.29) is 29.4 Å². The largest absolute Gasteiger partial charge is 0.385 e. The zero-order chi connectivity index (χ0) is 28.3. The van der Waals surface area contributed by atoms with Crippen LogP contribution in [-0.4, -0.2) is 76.4 Å². The van der Waals surface area contributed by atoms with Crippen LogP contribution in [0.2, 0.25) is 10.2 Å². The number of benzene rings is 2. The van der Waals surface area contributed by atoms with Crippen molar-refractivity contribution in [1.29, 1.82) is 0 Å². The number of nitrogens with one attached hydrogen (secondary N) is 1. The van der Waals surface area contributed by atoms with Gasteiger partial charge in [-0.25, -0.2) is 9.07 Å². The highest BCUT2D eigenvalue weighted by atomic mass is 35.5. The van der Waals surface area contributed by atoms with Gasteiger partial charge in [-0.3, -0.25) is 24.1 Å². The molecule has 0 spiro atoms. The summed E-state index contributed by atoms with van der Waals surface area (Å²) in [5.41, 5.74) is 5.52. The fourth-order valence-corrected chi connectivity index (χ4v) is 4.37. The van der Waals surface area contributed by atoms with E-state index in [2.05, 4.69) is 15.6 Å². The number of anilines is 2. The van der Waals surface area contributed by atoms with Crippen LogP contribution in [-0.2, 0) is 19.1 Å². The van der Waals surface area contributed by atoms with Crippen LogP contribution in [0.3, 0.4) is 0 Å².